The summed E-state index contributed by atoms with van der Waals surface area (Å²) in [5, 5.41) is 10.4. The van der Waals surface area contributed by atoms with E-state index in [0.717, 1.165) is 16.7 Å². The normalized spacial score (nSPS) is 11.7. The van der Waals surface area contributed by atoms with E-state index in [-0.39, 0.29) is 0 Å². The average molecular weight is 289 g/mol. The summed E-state index contributed by atoms with van der Waals surface area (Å²) < 4.78 is 0. The quantitative estimate of drug-likeness (QED) is 0.753. The minimum absolute atomic E-state index is 0.397. The Labute approximate surface area is 121 Å². The predicted octanol–water partition coefficient (Wildman–Crippen LogP) is 4.67. The van der Waals surface area contributed by atoms with Gasteiger partial charge in [0.25, 0.3) is 0 Å². The monoisotopic (exact) mass is 288 g/mol. The van der Waals surface area contributed by atoms with Crippen molar-refractivity contribution in [2.75, 3.05) is 0 Å². The molecule has 0 amide bonds. The van der Waals surface area contributed by atoms with Gasteiger partial charge in [-0.25, -0.2) is 0 Å². The number of allylic oxidation sites excluding steroid dienone is 1. The fourth-order valence-electron chi connectivity index (χ4n) is 1.74. The molecular weight excluding hydrogens is 279 g/mol. The molecule has 0 spiro atoms. The van der Waals surface area contributed by atoms with Crippen molar-refractivity contribution < 1.29 is 0 Å². The first kappa shape index (κ1) is 13.6. The number of halogens is 2. The maximum Gasteiger partial charge on any atom is 0.101 e. The fourth-order valence-corrected chi connectivity index (χ4v) is 2.27. The van der Waals surface area contributed by atoms with E-state index in [1.54, 1.807) is 30.6 Å². The van der Waals surface area contributed by atoms with Crippen LogP contribution in [0.25, 0.3) is 10.6 Å². The molecule has 0 atom stereocenters. The first-order valence-corrected chi connectivity index (χ1v) is 6.36. The molecule has 0 N–H and O–H groups in total. The molecule has 0 aliphatic carbocycles. The number of nitrogens with zero attached hydrogens (tertiary/aromatic N) is 2. The number of nitriles is 1. The van der Waals surface area contributed by atoms with Crippen molar-refractivity contribution in [2.45, 2.75) is 6.92 Å². The van der Waals surface area contributed by atoms with Gasteiger partial charge in [-0.05, 0) is 41.8 Å². The zero-order valence-corrected chi connectivity index (χ0v) is 11.7. The fraction of sp³-hybridized carbons (Fsp3) is 0.0667. The molecule has 0 aliphatic rings. The summed E-state index contributed by atoms with van der Waals surface area (Å²) in [7, 11) is 0. The van der Waals surface area contributed by atoms with Gasteiger partial charge in [0, 0.05) is 17.4 Å². The topological polar surface area (TPSA) is 36.7 Å². The maximum atomic E-state index is 9.33. The summed E-state index contributed by atoms with van der Waals surface area (Å²) in [6, 6.07) is 11.1. The van der Waals surface area contributed by atoms with E-state index < -0.39 is 0 Å². The first-order valence-electron chi connectivity index (χ1n) is 5.61. The van der Waals surface area contributed by atoms with Crippen LogP contribution in [0.2, 0.25) is 5.02 Å². The minimum atomic E-state index is 0.397. The largest absolute Gasteiger partial charge is 0.265 e. The Bertz CT molecular complexity index is 670. The van der Waals surface area contributed by atoms with Gasteiger partial charge in [-0.2, -0.15) is 5.26 Å². The van der Waals surface area contributed by atoms with Crippen LogP contribution < -0.4 is 0 Å². The number of hydrogen-bond donors (Lipinski definition) is 0. The maximum absolute atomic E-state index is 9.33. The molecule has 2 rings (SSSR count). The zero-order chi connectivity index (χ0) is 13.8. The van der Waals surface area contributed by atoms with Crippen molar-refractivity contribution in [3.8, 4) is 6.07 Å². The number of pyridine rings is 1. The summed E-state index contributed by atoms with van der Waals surface area (Å²) >= 11 is 12.4. The molecule has 2 nitrogen and oxygen atoms in total. The lowest BCUT2D eigenvalue weighted by Crippen LogP contribution is -1.90. The molecular formula is C15H10Cl2N2. The number of hydrogen-bond acceptors (Lipinski definition) is 2. The van der Waals surface area contributed by atoms with E-state index >= 15 is 0 Å². The van der Waals surface area contributed by atoms with Crippen LogP contribution in [0.5, 0.6) is 0 Å². The lowest BCUT2D eigenvalue weighted by Gasteiger charge is -2.08. The standard InChI is InChI=1S/C15H10Cl2N2/c1-10-12(3-2-4-14(10)16)15(17)13(9-18)11-5-7-19-8-6-11/h2-8H,1H3/b15-13+. The van der Waals surface area contributed by atoms with Gasteiger partial charge < -0.3 is 0 Å². The average Bonchev–Trinajstić information content (AvgIpc) is 2.44. The molecule has 0 aliphatic heterocycles. The van der Waals surface area contributed by atoms with Gasteiger partial charge in [-0.3, -0.25) is 4.98 Å². The summed E-state index contributed by atoms with van der Waals surface area (Å²) in [4.78, 5) is 3.93. The van der Waals surface area contributed by atoms with Gasteiger partial charge in [0.2, 0.25) is 0 Å². The Morgan fingerprint density at radius 3 is 2.53 bits per heavy atom. The Hall–Kier alpha value is -1.82. The highest BCUT2D eigenvalue weighted by molar-refractivity contribution is 6.53. The lowest BCUT2D eigenvalue weighted by atomic mass is 10.0. The number of rotatable bonds is 2. The van der Waals surface area contributed by atoms with Crippen LogP contribution in [-0.2, 0) is 0 Å². The van der Waals surface area contributed by atoms with E-state index in [2.05, 4.69) is 11.1 Å². The molecule has 4 heteroatoms. The van der Waals surface area contributed by atoms with Crippen molar-refractivity contribution in [1.82, 2.24) is 4.98 Å². The van der Waals surface area contributed by atoms with Crippen LogP contribution in [0.4, 0.5) is 0 Å². The van der Waals surface area contributed by atoms with Crippen LogP contribution in [0.1, 0.15) is 16.7 Å². The van der Waals surface area contributed by atoms with Gasteiger partial charge in [0.15, 0.2) is 0 Å². The van der Waals surface area contributed by atoms with Crippen molar-refractivity contribution in [2.24, 2.45) is 0 Å². The predicted molar refractivity (Wildman–Crippen MR) is 78.7 cm³/mol. The van der Waals surface area contributed by atoms with Crippen LogP contribution in [0.3, 0.4) is 0 Å². The molecule has 0 bridgehead atoms. The molecule has 0 unspecified atom stereocenters. The molecule has 19 heavy (non-hydrogen) atoms. The highest BCUT2D eigenvalue weighted by atomic mass is 35.5. The van der Waals surface area contributed by atoms with E-state index in [4.69, 9.17) is 23.2 Å². The Morgan fingerprint density at radius 2 is 1.89 bits per heavy atom. The van der Waals surface area contributed by atoms with Gasteiger partial charge >= 0.3 is 0 Å². The summed E-state index contributed by atoms with van der Waals surface area (Å²) in [5.74, 6) is 0. The van der Waals surface area contributed by atoms with Crippen LogP contribution in [-0.4, -0.2) is 4.98 Å². The Balaban J connectivity index is 2.63. The van der Waals surface area contributed by atoms with Crippen LogP contribution >= 0.6 is 23.2 Å². The van der Waals surface area contributed by atoms with Crippen molar-refractivity contribution in [1.29, 1.82) is 5.26 Å². The third kappa shape index (κ3) is 2.78. The second-order valence-electron chi connectivity index (χ2n) is 3.95. The Kier molecular flexibility index (Phi) is 4.21. The third-order valence-electron chi connectivity index (χ3n) is 2.80. The van der Waals surface area contributed by atoms with Crippen LogP contribution in [0, 0.1) is 18.3 Å². The lowest BCUT2D eigenvalue weighted by molar-refractivity contribution is 1.32. The third-order valence-corrected chi connectivity index (χ3v) is 3.61. The van der Waals surface area contributed by atoms with Crippen molar-refractivity contribution in [3.05, 3.63) is 64.4 Å². The zero-order valence-electron chi connectivity index (χ0n) is 10.2. The summed E-state index contributed by atoms with van der Waals surface area (Å²) in [5.41, 5.74) is 2.77. The van der Waals surface area contributed by atoms with E-state index in [1.807, 2.05) is 19.1 Å². The van der Waals surface area contributed by atoms with E-state index in [1.165, 1.54) is 0 Å². The van der Waals surface area contributed by atoms with Crippen LogP contribution in [0.15, 0.2) is 42.7 Å². The first-order chi connectivity index (χ1) is 9.15. The highest BCUT2D eigenvalue weighted by Gasteiger charge is 2.12. The van der Waals surface area contributed by atoms with Gasteiger partial charge in [0.05, 0.1) is 10.6 Å². The second kappa shape index (κ2) is 5.88. The molecule has 2 aromatic rings. The summed E-state index contributed by atoms with van der Waals surface area (Å²) in [6.07, 6.45) is 3.25. The molecule has 1 heterocycles. The van der Waals surface area contributed by atoms with E-state index in [0.29, 0.717) is 15.6 Å². The molecule has 1 aromatic heterocycles. The molecule has 0 saturated heterocycles. The van der Waals surface area contributed by atoms with Gasteiger partial charge in [0.1, 0.15) is 6.07 Å². The summed E-state index contributed by atoms with van der Waals surface area (Å²) in [6.45, 7) is 1.88. The number of benzene rings is 1. The van der Waals surface area contributed by atoms with Gasteiger partial charge in [-0.1, -0.05) is 35.3 Å². The highest BCUT2D eigenvalue weighted by Crippen LogP contribution is 2.33. The van der Waals surface area contributed by atoms with Gasteiger partial charge in [-0.15, -0.1) is 0 Å². The molecule has 0 saturated carbocycles. The smallest absolute Gasteiger partial charge is 0.101 e. The minimum Gasteiger partial charge on any atom is -0.265 e. The molecule has 0 fully saturated rings. The molecule has 1 aromatic carbocycles. The molecule has 94 valence electrons. The molecule has 0 radical (unpaired) electrons. The van der Waals surface area contributed by atoms with Crippen molar-refractivity contribution in [3.63, 3.8) is 0 Å². The number of aromatic nitrogens is 1. The Morgan fingerprint density at radius 1 is 1.21 bits per heavy atom. The van der Waals surface area contributed by atoms with E-state index in [9.17, 15) is 5.26 Å². The van der Waals surface area contributed by atoms with Crippen molar-refractivity contribution >= 4 is 33.8 Å². The second-order valence-corrected chi connectivity index (χ2v) is 4.73. The SMILES string of the molecule is Cc1c(Cl)cccc1/C(Cl)=C(/C#N)c1ccncc1.